The van der Waals surface area contributed by atoms with E-state index in [1.807, 2.05) is 72.8 Å². The van der Waals surface area contributed by atoms with Crippen molar-refractivity contribution in [2.75, 3.05) is 0 Å². The van der Waals surface area contributed by atoms with Crippen LogP contribution in [-0.4, -0.2) is 0 Å². The monoisotopic (exact) mass is 616 g/mol. The summed E-state index contributed by atoms with van der Waals surface area (Å²) in [7, 11) is 0. The zero-order chi connectivity index (χ0) is 31.7. The zero-order valence-electron chi connectivity index (χ0n) is 25.9. The molecule has 1 heterocycles. The van der Waals surface area contributed by atoms with Gasteiger partial charge in [-0.3, -0.25) is 0 Å². The van der Waals surface area contributed by atoms with Gasteiger partial charge < -0.3 is 14.2 Å². The molecule has 1 aliphatic heterocycles. The normalized spacial score (nSPS) is 13.3. The molecule has 0 saturated heterocycles. The molecule has 8 aromatic carbocycles. The van der Waals surface area contributed by atoms with Crippen LogP contribution in [0.15, 0.2) is 170 Å². The average Bonchev–Trinajstić information content (AvgIpc) is 3.43. The summed E-state index contributed by atoms with van der Waals surface area (Å²) in [6, 6.07) is 58.9. The van der Waals surface area contributed by atoms with Crippen molar-refractivity contribution in [1.82, 2.24) is 0 Å². The summed E-state index contributed by atoms with van der Waals surface area (Å²) in [6.45, 7) is 0. The number of benzene rings is 8. The molecule has 0 aromatic heterocycles. The van der Waals surface area contributed by atoms with E-state index in [2.05, 4.69) is 97.1 Å². The highest BCUT2D eigenvalue weighted by Gasteiger charge is 2.51. The molecule has 0 bridgehead atoms. The van der Waals surface area contributed by atoms with Gasteiger partial charge in [-0.1, -0.05) is 121 Å². The summed E-state index contributed by atoms with van der Waals surface area (Å²) >= 11 is 0. The van der Waals surface area contributed by atoms with Crippen molar-refractivity contribution in [1.29, 1.82) is 0 Å². The Balaban J connectivity index is 1.27. The van der Waals surface area contributed by atoms with E-state index < -0.39 is 5.41 Å². The third-order valence-corrected chi connectivity index (χ3v) is 9.81. The Kier molecular flexibility index (Phi) is 5.79. The molecule has 0 amide bonds. The fraction of sp³-hybridized carbons (Fsp3) is 0.0222. The van der Waals surface area contributed by atoms with Gasteiger partial charge in [-0.15, -0.1) is 0 Å². The Labute approximate surface area is 278 Å². The van der Waals surface area contributed by atoms with Crippen LogP contribution >= 0.6 is 0 Å². The first-order chi connectivity index (χ1) is 23.8. The van der Waals surface area contributed by atoms with Crippen molar-refractivity contribution in [3.8, 4) is 45.6 Å². The second kappa shape index (κ2) is 10.3. The van der Waals surface area contributed by atoms with Crippen molar-refractivity contribution in [3.05, 3.63) is 192 Å². The summed E-state index contributed by atoms with van der Waals surface area (Å²) in [5.74, 6) is 4.78. The molecule has 0 unspecified atom stereocenters. The number of ether oxygens (including phenoxy) is 3. The first-order valence-electron chi connectivity index (χ1n) is 16.2. The Morgan fingerprint density at radius 1 is 0.354 bits per heavy atom. The Morgan fingerprint density at radius 3 is 1.25 bits per heavy atom. The largest absolute Gasteiger partial charge is 0.457 e. The topological polar surface area (TPSA) is 27.7 Å². The molecule has 1 spiro atoms. The highest BCUT2D eigenvalue weighted by atomic mass is 16.5. The second-order valence-electron chi connectivity index (χ2n) is 12.4. The molecule has 8 aromatic rings. The van der Waals surface area contributed by atoms with E-state index in [1.165, 1.54) is 22.3 Å². The van der Waals surface area contributed by atoms with Gasteiger partial charge in [-0.25, -0.2) is 0 Å². The van der Waals surface area contributed by atoms with Crippen LogP contribution in [-0.2, 0) is 5.41 Å². The minimum absolute atomic E-state index is 0.592. The minimum atomic E-state index is -0.592. The lowest BCUT2D eigenvalue weighted by atomic mass is 9.65. The first-order valence-corrected chi connectivity index (χ1v) is 16.2. The molecule has 48 heavy (non-hydrogen) atoms. The third kappa shape index (κ3) is 3.88. The van der Waals surface area contributed by atoms with Gasteiger partial charge >= 0.3 is 0 Å². The number of hydrogen-bond acceptors (Lipinski definition) is 3. The molecule has 10 rings (SSSR count). The lowest BCUT2D eigenvalue weighted by molar-refractivity contribution is 0.445. The molecule has 0 N–H and O–H groups in total. The predicted molar refractivity (Wildman–Crippen MR) is 192 cm³/mol. The lowest BCUT2D eigenvalue weighted by Crippen LogP contribution is -2.32. The summed E-state index contributed by atoms with van der Waals surface area (Å²) in [5.41, 5.74) is 6.64. The molecule has 226 valence electrons. The van der Waals surface area contributed by atoms with Crippen LogP contribution in [0.2, 0.25) is 0 Å². The smallest absolute Gasteiger partial charge is 0.140 e. The summed E-state index contributed by atoms with van der Waals surface area (Å²) in [6.07, 6.45) is 0. The average molecular weight is 617 g/mol. The zero-order valence-corrected chi connectivity index (χ0v) is 25.9. The maximum atomic E-state index is 7.22. The van der Waals surface area contributed by atoms with Gasteiger partial charge in [0.05, 0.1) is 5.41 Å². The van der Waals surface area contributed by atoms with Crippen molar-refractivity contribution < 1.29 is 14.2 Å². The van der Waals surface area contributed by atoms with E-state index in [0.29, 0.717) is 0 Å². The highest BCUT2D eigenvalue weighted by molar-refractivity contribution is 6.00. The Bertz CT molecular complexity index is 2360. The SMILES string of the molecule is c1ccc(Oc2ccc3ccc4c(c3c2)Oc2c(ccc3ccc(Oc5ccccc5)cc23)C42c3ccccc3-c3ccccc32)cc1. The van der Waals surface area contributed by atoms with Gasteiger partial charge in [0.2, 0.25) is 0 Å². The molecule has 1 aliphatic carbocycles. The molecule has 3 heteroatoms. The Morgan fingerprint density at radius 2 is 0.771 bits per heavy atom. The summed E-state index contributed by atoms with van der Waals surface area (Å²) in [4.78, 5) is 0. The van der Waals surface area contributed by atoms with Gasteiger partial charge in [0, 0.05) is 21.9 Å². The van der Waals surface area contributed by atoms with Gasteiger partial charge in [0.1, 0.15) is 34.5 Å². The molecule has 3 nitrogen and oxygen atoms in total. The first kappa shape index (κ1) is 26.9. The van der Waals surface area contributed by atoms with E-state index in [-0.39, 0.29) is 0 Å². The predicted octanol–water partition coefficient (Wildman–Crippen LogP) is 12.0. The molecular formula is C45H28O3. The molecule has 0 fully saturated rings. The van der Waals surface area contributed by atoms with Gasteiger partial charge in [0.15, 0.2) is 0 Å². The van der Waals surface area contributed by atoms with E-state index in [4.69, 9.17) is 14.2 Å². The fourth-order valence-corrected chi connectivity index (χ4v) is 7.79. The van der Waals surface area contributed by atoms with Crippen LogP contribution in [0.1, 0.15) is 22.3 Å². The van der Waals surface area contributed by atoms with Crippen LogP contribution in [0.4, 0.5) is 0 Å². The fourth-order valence-electron chi connectivity index (χ4n) is 7.79. The van der Waals surface area contributed by atoms with Crippen LogP contribution in [0, 0.1) is 0 Å². The van der Waals surface area contributed by atoms with Crippen LogP contribution in [0.5, 0.6) is 34.5 Å². The maximum Gasteiger partial charge on any atom is 0.140 e. The lowest BCUT2D eigenvalue weighted by Gasteiger charge is -2.40. The second-order valence-corrected chi connectivity index (χ2v) is 12.4. The van der Waals surface area contributed by atoms with E-state index in [0.717, 1.165) is 67.2 Å². The quantitative estimate of drug-likeness (QED) is 0.197. The van der Waals surface area contributed by atoms with Gasteiger partial charge in [0.25, 0.3) is 0 Å². The molecular weight excluding hydrogens is 588 g/mol. The molecule has 2 aliphatic rings. The number of rotatable bonds is 4. The van der Waals surface area contributed by atoms with Gasteiger partial charge in [-0.2, -0.15) is 0 Å². The van der Waals surface area contributed by atoms with Crippen LogP contribution < -0.4 is 14.2 Å². The maximum absolute atomic E-state index is 7.22. The number of para-hydroxylation sites is 2. The highest BCUT2D eigenvalue weighted by Crippen LogP contribution is 2.64. The number of fused-ring (bicyclic) bond motifs is 13. The van der Waals surface area contributed by atoms with E-state index in [9.17, 15) is 0 Å². The van der Waals surface area contributed by atoms with Crippen molar-refractivity contribution >= 4 is 21.5 Å². The molecule has 0 radical (unpaired) electrons. The van der Waals surface area contributed by atoms with Crippen molar-refractivity contribution in [2.45, 2.75) is 5.41 Å². The van der Waals surface area contributed by atoms with Crippen molar-refractivity contribution in [3.63, 3.8) is 0 Å². The summed E-state index contributed by atoms with van der Waals surface area (Å²) in [5, 5.41) is 4.17. The summed E-state index contributed by atoms with van der Waals surface area (Å²) < 4.78 is 19.9. The Hall–Kier alpha value is -6.32. The van der Waals surface area contributed by atoms with E-state index >= 15 is 0 Å². The standard InChI is InChI=1S/C45H28O3/c1-3-11-31(12-4-1)46-33-23-19-29-21-25-41-43(37(29)27-33)48-44-38-28-34(47-32-13-5-2-6-14-32)24-20-30(38)22-26-42(44)45(41)39-17-9-7-15-35(39)36-16-8-10-18-40(36)45/h1-28H. The van der Waals surface area contributed by atoms with Gasteiger partial charge in [-0.05, 0) is 81.6 Å². The minimum Gasteiger partial charge on any atom is -0.457 e. The third-order valence-electron chi connectivity index (χ3n) is 9.81. The van der Waals surface area contributed by atoms with Crippen LogP contribution in [0.25, 0.3) is 32.7 Å². The molecule has 0 saturated carbocycles. The van der Waals surface area contributed by atoms with E-state index in [1.54, 1.807) is 0 Å². The van der Waals surface area contributed by atoms with Crippen molar-refractivity contribution in [2.24, 2.45) is 0 Å². The number of hydrogen-bond donors (Lipinski definition) is 0. The molecule has 0 atom stereocenters. The van der Waals surface area contributed by atoms with Crippen LogP contribution in [0.3, 0.4) is 0 Å².